The Morgan fingerprint density at radius 2 is 1.59 bits per heavy atom. The van der Waals surface area contributed by atoms with Gasteiger partial charge in [-0.2, -0.15) is 0 Å². The average molecular weight is 378 g/mol. The Kier molecular flexibility index (Phi) is 6.49. The molecule has 0 saturated heterocycles. The second-order valence-electron chi connectivity index (χ2n) is 6.19. The van der Waals surface area contributed by atoms with E-state index in [1.54, 1.807) is 0 Å². The van der Waals surface area contributed by atoms with E-state index in [1.165, 1.54) is 11.8 Å². The summed E-state index contributed by atoms with van der Waals surface area (Å²) in [5.41, 5.74) is 1.60. The maximum Gasteiger partial charge on any atom is 0.234 e. The van der Waals surface area contributed by atoms with Crippen molar-refractivity contribution in [2.75, 3.05) is 16.4 Å². The van der Waals surface area contributed by atoms with Crippen LogP contribution in [-0.2, 0) is 9.59 Å². The van der Waals surface area contributed by atoms with Gasteiger partial charge in [0.05, 0.1) is 5.75 Å². The predicted octanol–water partition coefficient (Wildman–Crippen LogP) is 5.31. The molecule has 0 aliphatic rings. The van der Waals surface area contributed by atoms with Gasteiger partial charge in [-0.3, -0.25) is 9.59 Å². The third-order valence-corrected chi connectivity index (χ3v) is 5.06. The highest BCUT2D eigenvalue weighted by molar-refractivity contribution is 8.00. The lowest BCUT2D eigenvalue weighted by Gasteiger charge is -2.09. The zero-order valence-electron chi connectivity index (χ0n) is 15.2. The molecular weight excluding hydrogens is 356 g/mol. The van der Waals surface area contributed by atoms with Crippen LogP contribution < -0.4 is 10.6 Å². The third-order valence-electron chi connectivity index (χ3n) is 4.05. The van der Waals surface area contributed by atoms with E-state index in [0.717, 1.165) is 33.5 Å². The van der Waals surface area contributed by atoms with E-state index in [4.69, 9.17) is 0 Å². The highest BCUT2D eigenvalue weighted by Crippen LogP contribution is 2.24. The molecule has 0 unspecified atom stereocenters. The molecule has 4 nitrogen and oxygen atoms in total. The predicted molar refractivity (Wildman–Crippen MR) is 113 cm³/mol. The van der Waals surface area contributed by atoms with Crippen molar-refractivity contribution in [2.45, 2.75) is 24.7 Å². The van der Waals surface area contributed by atoms with Crippen LogP contribution in [0, 0.1) is 0 Å². The van der Waals surface area contributed by atoms with Gasteiger partial charge in [-0.25, -0.2) is 0 Å². The van der Waals surface area contributed by atoms with Crippen LogP contribution in [0.2, 0.25) is 0 Å². The Balaban J connectivity index is 1.55. The normalized spacial score (nSPS) is 10.6. The van der Waals surface area contributed by atoms with Crippen LogP contribution in [0.5, 0.6) is 0 Å². The number of carbonyl (C=O) groups excluding carboxylic acids is 2. The van der Waals surface area contributed by atoms with E-state index in [0.29, 0.717) is 12.2 Å². The van der Waals surface area contributed by atoms with E-state index in [1.807, 2.05) is 73.7 Å². The summed E-state index contributed by atoms with van der Waals surface area (Å²) in [5.74, 6) is 0.300. The lowest BCUT2D eigenvalue weighted by atomic mass is 10.1. The lowest BCUT2D eigenvalue weighted by molar-refractivity contribution is -0.116. The Morgan fingerprint density at radius 1 is 0.852 bits per heavy atom. The first-order valence-corrected chi connectivity index (χ1v) is 9.94. The van der Waals surface area contributed by atoms with Crippen LogP contribution in [-0.4, -0.2) is 17.6 Å². The highest BCUT2D eigenvalue weighted by atomic mass is 32.2. The first kappa shape index (κ1) is 19.0. The summed E-state index contributed by atoms with van der Waals surface area (Å²) in [6, 6.07) is 21.4. The maximum absolute atomic E-state index is 12.3. The fourth-order valence-corrected chi connectivity index (χ4v) is 3.45. The second-order valence-corrected chi connectivity index (χ2v) is 7.23. The van der Waals surface area contributed by atoms with Crippen molar-refractivity contribution >= 4 is 45.7 Å². The molecule has 0 aliphatic carbocycles. The SMILES string of the molecule is CCCC(=O)Nc1ccc(SCC(=O)Nc2cccc3ccccc23)cc1. The molecule has 0 atom stereocenters. The topological polar surface area (TPSA) is 58.2 Å². The van der Waals surface area contributed by atoms with E-state index >= 15 is 0 Å². The van der Waals surface area contributed by atoms with E-state index in [2.05, 4.69) is 10.6 Å². The van der Waals surface area contributed by atoms with Gasteiger partial charge in [-0.1, -0.05) is 43.3 Å². The standard InChI is InChI=1S/C22H22N2O2S/c1-2-6-21(25)23-17-11-13-18(14-12-17)27-15-22(26)24-20-10-5-8-16-7-3-4-9-19(16)20/h3-5,7-14H,2,6,15H2,1H3,(H,23,25)(H,24,26). The fourth-order valence-electron chi connectivity index (χ4n) is 2.75. The smallest absolute Gasteiger partial charge is 0.234 e. The van der Waals surface area contributed by atoms with Crippen molar-refractivity contribution in [3.8, 4) is 0 Å². The molecule has 0 aromatic heterocycles. The minimum Gasteiger partial charge on any atom is -0.326 e. The zero-order valence-corrected chi connectivity index (χ0v) is 16.0. The Morgan fingerprint density at radius 3 is 2.37 bits per heavy atom. The Bertz CT molecular complexity index is 933. The van der Waals surface area contributed by atoms with Gasteiger partial charge in [0.25, 0.3) is 0 Å². The summed E-state index contributed by atoms with van der Waals surface area (Å²) < 4.78 is 0. The van der Waals surface area contributed by atoms with E-state index in [-0.39, 0.29) is 11.8 Å². The molecule has 3 aromatic rings. The summed E-state index contributed by atoms with van der Waals surface area (Å²) in [4.78, 5) is 24.9. The third kappa shape index (κ3) is 5.34. The molecule has 5 heteroatoms. The number of nitrogens with one attached hydrogen (secondary N) is 2. The largest absolute Gasteiger partial charge is 0.326 e. The summed E-state index contributed by atoms with van der Waals surface area (Å²) in [6.07, 6.45) is 1.34. The number of fused-ring (bicyclic) bond motifs is 1. The minimum absolute atomic E-state index is 0.0207. The highest BCUT2D eigenvalue weighted by Gasteiger charge is 2.07. The molecule has 3 aromatic carbocycles. The summed E-state index contributed by atoms with van der Waals surface area (Å²) in [6.45, 7) is 1.97. The molecule has 2 N–H and O–H groups in total. The second kappa shape index (κ2) is 9.24. The van der Waals surface area contributed by atoms with Crippen LogP contribution >= 0.6 is 11.8 Å². The number of carbonyl (C=O) groups is 2. The number of amides is 2. The molecule has 0 fully saturated rings. The van der Waals surface area contributed by atoms with Gasteiger partial charge in [0.15, 0.2) is 0 Å². The molecule has 0 radical (unpaired) electrons. The van der Waals surface area contributed by atoms with Crippen molar-refractivity contribution in [3.05, 3.63) is 66.7 Å². The molecule has 0 heterocycles. The molecule has 0 spiro atoms. The number of anilines is 2. The van der Waals surface area contributed by atoms with Crippen molar-refractivity contribution in [1.82, 2.24) is 0 Å². The van der Waals surface area contributed by atoms with Crippen LogP contribution in [0.4, 0.5) is 11.4 Å². The number of hydrogen-bond donors (Lipinski definition) is 2. The van der Waals surface area contributed by atoms with Crippen molar-refractivity contribution in [3.63, 3.8) is 0 Å². The Hall–Kier alpha value is -2.79. The maximum atomic E-state index is 12.3. The molecule has 3 rings (SSSR count). The minimum atomic E-state index is -0.0447. The van der Waals surface area contributed by atoms with Crippen molar-refractivity contribution in [1.29, 1.82) is 0 Å². The van der Waals surface area contributed by atoms with Gasteiger partial charge >= 0.3 is 0 Å². The number of thioether (sulfide) groups is 1. The monoisotopic (exact) mass is 378 g/mol. The first-order chi connectivity index (χ1) is 13.2. The summed E-state index contributed by atoms with van der Waals surface area (Å²) in [7, 11) is 0. The van der Waals surface area contributed by atoms with Crippen LogP contribution in [0.1, 0.15) is 19.8 Å². The van der Waals surface area contributed by atoms with Crippen LogP contribution in [0.3, 0.4) is 0 Å². The molecule has 138 valence electrons. The fraction of sp³-hybridized carbons (Fsp3) is 0.182. The quantitative estimate of drug-likeness (QED) is 0.548. The van der Waals surface area contributed by atoms with E-state index in [9.17, 15) is 9.59 Å². The molecule has 27 heavy (non-hydrogen) atoms. The summed E-state index contributed by atoms with van der Waals surface area (Å²) >= 11 is 1.47. The van der Waals surface area contributed by atoms with Gasteiger partial charge in [0.1, 0.15) is 0 Å². The summed E-state index contributed by atoms with van der Waals surface area (Å²) in [5, 5.41) is 7.98. The number of benzene rings is 3. The average Bonchev–Trinajstić information content (AvgIpc) is 2.68. The molecule has 0 saturated carbocycles. The van der Waals surface area contributed by atoms with Crippen LogP contribution in [0.25, 0.3) is 10.8 Å². The molecule has 2 amide bonds. The molecule has 0 bridgehead atoms. The Labute approximate surface area is 163 Å². The first-order valence-electron chi connectivity index (χ1n) is 8.96. The van der Waals surface area contributed by atoms with Gasteiger partial charge in [-0.15, -0.1) is 11.8 Å². The number of rotatable bonds is 7. The molecule has 0 aliphatic heterocycles. The zero-order chi connectivity index (χ0) is 19.1. The van der Waals surface area contributed by atoms with Gasteiger partial charge in [0, 0.05) is 28.1 Å². The van der Waals surface area contributed by atoms with E-state index < -0.39 is 0 Å². The lowest BCUT2D eigenvalue weighted by Crippen LogP contribution is -2.14. The van der Waals surface area contributed by atoms with Crippen LogP contribution in [0.15, 0.2) is 71.6 Å². The van der Waals surface area contributed by atoms with Gasteiger partial charge < -0.3 is 10.6 Å². The molecular formula is C22H22N2O2S. The van der Waals surface area contributed by atoms with Crippen molar-refractivity contribution < 1.29 is 9.59 Å². The number of hydrogen-bond acceptors (Lipinski definition) is 3. The van der Waals surface area contributed by atoms with Crippen molar-refractivity contribution in [2.24, 2.45) is 0 Å². The van der Waals surface area contributed by atoms with Gasteiger partial charge in [0.2, 0.25) is 11.8 Å². The van der Waals surface area contributed by atoms with Gasteiger partial charge in [-0.05, 0) is 42.1 Å².